The molecule has 1 aliphatic heterocycles. The molecule has 20 heavy (non-hydrogen) atoms. The molecular formula is C16H16N2OS. The lowest BCUT2D eigenvalue weighted by molar-refractivity contribution is -0.132. The fraction of sp³-hybridized carbons (Fsp3) is 0.375. The third kappa shape index (κ3) is 1.57. The molecule has 1 heterocycles. The van der Waals surface area contributed by atoms with Crippen molar-refractivity contribution in [2.75, 3.05) is 0 Å². The summed E-state index contributed by atoms with van der Waals surface area (Å²) in [7, 11) is 0. The van der Waals surface area contributed by atoms with Crippen molar-refractivity contribution in [2.45, 2.75) is 24.9 Å². The van der Waals surface area contributed by atoms with Gasteiger partial charge in [0.15, 0.2) is 5.11 Å². The van der Waals surface area contributed by atoms with E-state index in [-0.39, 0.29) is 5.91 Å². The van der Waals surface area contributed by atoms with Crippen LogP contribution < -0.4 is 5.32 Å². The third-order valence-corrected chi connectivity index (χ3v) is 5.10. The first-order valence-electron chi connectivity index (χ1n) is 7.05. The van der Waals surface area contributed by atoms with Crippen molar-refractivity contribution in [3.8, 4) is 0 Å². The first-order valence-corrected chi connectivity index (χ1v) is 7.46. The molecule has 3 nitrogen and oxygen atoms in total. The average Bonchev–Trinajstić information content (AvgIpc) is 3.11. The molecule has 1 saturated heterocycles. The maximum atomic E-state index is 12.9. The molecule has 0 aromatic heterocycles. The van der Waals surface area contributed by atoms with Crippen molar-refractivity contribution < 1.29 is 4.79 Å². The molecule has 1 aromatic rings. The van der Waals surface area contributed by atoms with E-state index in [9.17, 15) is 4.79 Å². The maximum Gasteiger partial charge on any atom is 0.255 e. The van der Waals surface area contributed by atoms with Gasteiger partial charge in [0.05, 0.1) is 6.54 Å². The molecule has 0 radical (unpaired) electrons. The molecular weight excluding hydrogens is 268 g/mol. The number of nitrogens with one attached hydrogen (secondary N) is 1. The van der Waals surface area contributed by atoms with Crippen LogP contribution in [0.3, 0.4) is 0 Å². The molecule has 4 heteroatoms. The van der Waals surface area contributed by atoms with E-state index in [0.29, 0.717) is 23.5 Å². The summed E-state index contributed by atoms with van der Waals surface area (Å²) in [5.74, 6) is 0.998. The predicted octanol–water partition coefficient (Wildman–Crippen LogP) is 2.24. The molecule has 2 bridgehead atoms. The van der Waals surface area contributed by atoms with Crippen molar-refractivity contribution >= 4 is 23.2 Å². The van der Waals surface area contributed by atoms with E-state index in [1.807, 2.05) is 30.3 Å². The third-order valence-electron chi connectivity index (χ3n) is 4.77. The number of hydrogen-bond donors (Lipinski definition) is 1. The Morgan fingerprint density at radius 3 is 2.75 bits per heavy atom. The first kappa shape index (κ1) is 12.1. The van der Waals surface area contributed by atoms with E-state index in [1.54, 1.807) is 4.90 Å². The highest BCUT2D eigenvalue weighted by Crippen LogP contribution is 2.49. The summed E-state index contributed by atoms with van der Waals surface area (Å²) in [6, 6.07) is 10.0. The van der Waals surface area contributed by atoms with E-state index in [0.717, 1.165) is 18.4 Å². The number of carbonyl (C=O) groups excluding carboxylic acids is 1. The zero-order valence-electron chi connectivity index (χ0n) is 11.1. The molecule has 1 saturated carbocycles. The quantitative estimate of drug-likeness (QED) is 0.668. The molecule has 0 unspecified atom stereocenters. The zero-order valence-corrected chi connectivity index (χ0v) is 11.9. The van der Waals surface area contributed by atoms with Crippen molar-refractivity contribution in [1.82, 2.24) is 10.2 Å². The second-order valence-corrected chi connectivity index (χ2v) is 6.36. The van der Waals surface area contributed by atoms with Crippen LogP contribution in [0, 0.1) is 11.8 Å². The fourth-order valence-corrected chi connectivity index (χ4v) is 4.13. The summed E-state index contributed by atoms with van der Waals surface area (Å²) in [5.41, 5.74) is 0.659. The Kier molecular flexibility index (Phi) is 2.51. The number of allylic oxidation sites excluding steroid dienone is 1. The summed E-state index contributed by atoms with van der Waals surface area (Å²) in [5, 5.41) is 3.92. The highest BCUT2D eigenvalue weighted by Gasteiger charge is 2.59. The first-order chi connectivity index (χ1) is 9.69. The molecule has 2 aliphatic carbocycles. The summed E-state index contributed by atoms with van der Waals surface area (Å²) in [6.07, 6.45) is 6.40. The van der Waals surface area contributed by atoms with Crippen LogP contribution in [0.4, 0.5) is 0 Å². The van der Waals surface area contributed by atoms with Gasteiger partial charge in [-0.2, -0.15) is 0 Å². The molecule has 3 aliphatic rings. The summed E-state index contributed by atoms with van der Waals surface area (Å²) >= 11 is 5.41. The number of hydrogen-bond acceptors (Lipinski definition) is 2. The van der Waals surface area contributed by atoms with Crippen LogP contribution in [-0.2, 0) is 11.3 Å². The Morgan fingerprint density at radius 1 is 1.30 bits per heavy atom. The van der Waals surface area contributed by atoms with Gasteiger partial charge in [-0.05, 0) is 36.5 Å². The number of thiocarbonyl (C=S) groups is 1. The van der Waals surface area contributed by atoms with Gasteiger partial charge in [0, 0.05) is 5.92 Å². The summed E-state index contributed by atoms with van der Waals surface area (Å²) in [6.45, 7) is 0.564. The van der Waals surface area contributed by atoms with E-state index in [4.69, 9.17) is 12.2 Å². The largest absolute Gasteiger partial charge is 0.347 e. The normalized spacial score (nSPS) is 34.3. The second-order valence-electron chi connectivity index (χ2n) is 5.97. The topological polar surface area (TPSA) is 32.3 Å². The van der Waals surface area contributed by atoms with Crippen LogP contribution in [-0.4, -0.2) is 21.5 Å². The number of carbonyl (C=O) groups is 1. The predicted molar refractivity (Wildman–Crippen MR) is 80.8 cm³/mol. The Morgan fingerprint density at radius 2 is 2.10 bits per heavy atom. The van der Waals surface area contributed by atoms with Crippen LogP contribution in [0.2, 0.25) is 0 Å². The van der Waals surface area contributed by atoms with Gasteiger partial charge in [0.2, 0.25) is 0 Å². The van der Waals surface area contributed by atoms with E-state index < -0.39 is 5.54 Å². The highest BCUT2D eigenvalue weighted by atomic mass is 32.1. The molecule has 1 spiro atoms. The standard InChI is InChI=1S/C16H16N2OS/c19-14-16(9-12-6-7-13(16)8-12)17-15(20)18(14)10-11-4-2-1-3-5-11/h1-7,12-13H,8-10H2,(H,17,20)/t12-,13+,16+/m0/s1. The number of fused-ring (bicyclic) bond motifs is 3. The van der Waals surface area contributed by atoms with Gasteiger partial charge < -0.3 is 5.32 Å². The van der Waals surface area contributed by atoms with Gasteiger partial charge in [-0.15, -0.1) is 0 Å². The summed E-state index contributed by atoms with van der Waals surface area (Å²) in [4.78, 5) is 14.6. The molecule has 1 N–H and O–H groups in total. The Hall–Kier alpha value is -1.68. The van der Waals surface area contributed by atoms with Gasteiger partial charge in [-0.3, -0.25) is 9.69 Å². The molecule has 102 valence electrons. The summed E-state index contributed by atoms with van der Waals surface area (Å²) < 4.78 is 0. The monoisotopic (exact) mass is 284 g/mol. The zero-order chi connectivity index (χ0) is 13.7. The Labute approximate surface area is 123 Å². The Bertz CT molecular complexity index is 612. The van der Waals surface area contributed by atoms with Crippen LogP contribution in [0.15, 0.2) is 42.5 Å². The van der Waals surface area contributed by atoms with E-state index in [2.05, 4.69) is 17.5 Å². The number of rotatable bonds is 2. The minimum Gasteiger partial charge on any atom is -0.347 e. The van der Waals surface area contributed by atoms with Crippen LogP contribution in [0.1, 0.15) is 18.4 Å². The highest BCUT2D eigenvalue weighted by molar-refractivity contribution is 7.80. The molecule has 3 atom stereocenters. The lowest BCUT2D eigenvalue weighted by atomic mass is 9.84. The van der Waals surface area contributed by atoms with Gasteiger partial charge in [0.25, 0.3) is 5.91 Å². The SMILES string of the molecule is O=C1N(Cc2ccccc2)C(=S)N[C@@]12C[C@H]1C=C[C@@H]2C1. The minimum absolute atomic E-state index is 0.156. The number of amides is 1. The van der Waals surface area contributed by atoms with Crippen molar-refractivity contribution in [2.24, 2.45) is 11.8 Å². The Balaban J connectivity index is 1.62. The maximum absolute atomic E-state index is 12.9. The molecule has 1 aromatic carbocycles. The van der Waals surface area contributed by atoms with Gasteiger partial charge in [-0.1, -0.05) is 42.5 Å². The lowest BCUT2D eigenvalue weighted by Gasteiger charge is -2.28. The number of nitrogens with zero attached hydrogens (tertiary/aromatic N) is 1. The van der Waals surface area contributed by atoms with Gasteiger partial charge in [-0.25, -0.2) is 0 Å². The van der Waals surface area contributed by atoms with Gasteiger partial charge in [0.1, 0.15) is 5.54 Å². The van der Waals surface area contributed by atoms with Crippen LogP contribution in [0.5, 0.6) is 0 Å². The molecule has 2 fully saturated rings. The fourth-order valence-electron chi connectivity index (χ4n) is 3.80. The van der Waals surface area contributed by atoms with Gasteiger partial charge >= 0.3 is 0 Å². The van der Waals surface area contributed by atoms with E-state index in [1.165, 1.54) is 0 Å². The van der Waals surface area contributed by atoms with Crippen molar-refractivity contribution in [1.29, 1.82) is 0 Å². The van der Waals surface area contributed by atoms with Crippen molar-refractivity contribution in [3.05, 3.63) is 48.0 Å². The average molecular weight is 284 g/mol. The minimum atomic E-state index is -0.453. The molecule has 1 amide bonds. The number of benzene rings is 1. The van der Waals surface area contributed by atoms with Crippen molar-refractivity contribution in [3.63, 3.8) is 0 Å². The van der Waals surface area contributed by atoms with Crippen LogP contribution >= 0.6 is 12.2 Å². The van der Waals surface area contributed by atoms with E-state index >= 15 is 0 Å². The smallest absolute Gasteiger partial charge is 0.255 e. The van der Waals surface area contributed by atoms with Crippen LogP contribution in [0.25, 0.3) is 0 Å². The second kappa shape index (κ2) is 4.16. The lowest BCUT2D eigenvalue weighted by Crippen LogP contribution is -2.50. The molecule has 4 rings (SSSR count).